The fraction of sp³-hybridized carbons (Fsp3) is 0.226. The van der Waals surface area contributed by atoms with Crippen LogP contribution in [0.2, 0.25) is 0 Å². The van der Waals surface area contributed by atoms with Crippen LogP contribution in [-0.4, -0.2) is 33.8 Å². The summed E-state index contributed by atoms with van der Waals surface area (Å²) in [4.78, 5) is 38.1. The highest BCUT2D eigenvalue weighted by Crippen LogP contribution is 2.27. The Morgan fingerprint density at radius 3 is 2.67 bits per heavy atom. The number of amides is 1. The summed E-state index contributed by atoms with van der Waals surface area (Å²) >= 11 is 1.28. The van der Waals surface area contributed by atoms with Crippen molar-refractivity contribution < 1.29 is 18.7 Å². The molecule has 2 heterocycles. The number of aromatic nitrogens is 3. The van der Waals surface area contributed by atoms with Crippen molar-refractivity contribution in [3.8, 4) is 17.0 Å². The van der Waals surface area contributed by atoms with Crippen molar-refractivity contribution in [3.63, 3.8) is 0 Å². The zero-order chi connectivity index (χ0) is 27.9. The van der Waals surface area contributed by atoms with Gasteiger partial charge in [-0.1, -0.05) is 55.3 Å². The van der Waals surface area contributed by atoms with E-state index in [1.165, 1.54) is 30.6 Å². The molecule has 0 spiro atoms. The normalized spacial score (nSPS) is 11.8. The highest BCUT2D eigenvalue weighted by atomic mass is 32.1. The molecular weight excluding hydrogens is 527 g/mol. The molecule has 0 fully saturated rings. The zero-order valence-electron chi connectivity index (χ0n) is 22.0. The van der Waals surface area contributed by atoms with E-state index in [4.69, 9.17) is 4.74 Å². The molecule has 204 valence electrons. The van der Waals surface area contributed by atoms with Crippen LogP contribution in [0.4, 0.5) is 4.39 Å². The highest BCUT2D eigenvalue weighted by molar-refractivity contribution is 7.11. The quantitative estimate of drug-likeness (QED) is 0.126. The van der Waals surface area contributed by atoms with E-state index in [-0.39, 0.29) is 35.5 Å². The van der Waals surface area contributed by atoms with Crippen LogP contribution >= 0.6 is 11.3 Å². The van der Waals surface area contributed by atoms with E-state index in [9.17, 15) is 14.0 Å². The largest absolute Gasteiger partial charge is 0.496 e. The standard InChI is InChI=1S/C31H29FN4O3S/c1-39-27-13-7-10-23(32)29(27)26(37)12-4-2-3-11-24(36-31(38)28-18-33-19-40-28)30-34-17-25(35-30)22-15-14-20-8-5-6-9-21(20)16-22/h5-10,13-19,24H,2-4,11-12H2,1H3,(H,34,35)(H,36,38)/t24-/m0/s1. The maximum atomic E-state index is 14.2. The number of aromatic amines is 1. The number of H-pyrrole nitrogens is 1. The van der Waals surface area contributed by atoms with E-state index in [0.29, 0.717) is 23.5 Å². The lowest BCUT2D eigenvalue weighted by Gasteiger charge is -2.16. The Labute approximate surface area is 235 Å². The number of hydrogen-bond acceptors (Lipinski definition) is 6. The Kier molecular flexibility index (Phi) is 8.61. The molecule has 0 bridgehead atoms. The summed E-state index contributed by atoms with van der Waals surface area (Å²) in [6.07, 6.45) is 6.21. The molecule has 40 heavy (non-hydrogen) atoms. The topological polar surface area (TPSA) is 97.0 Å². The minimum absolute atomic E-state index is 0.00324. The van der Waals surface area contributed by atoms with Crippen LogP contribution in [0.5, 0.6) is 5.75 Å². The van der Waals surface area contributed by atoms with Gasteiger partial charge in [0.1, 0.15) is 22.3 Å². The minimum atomic E-state index is -0.574. The first-order chi connectivity index (χ1) is 19.5. The van der Waals surface area contributed by atoms with Gasteiger partial charge in [0.15, 0.2) is 5.78 Å². The molecule has 2 N–H and O–H groups in total. The van der Waals surface area contributed by atoms with Crippen LogP contribution in [0.15, 0.2) is 78.6 Å². The van der Waals surface area contributed by atoms with Crippen LogP contribution in [0.1, 0.15) is 64.0 Å². The van der Waals surface area contributed by atoms with Gasteiger partial charge in [-0.2, -0.15) is 0 Å². The summed E-state index contributed by atoms with van der Waals surface area (Å²) in [5.74, 6) is -0.159. The Bertz CT molecular complexity index is 1620. The number of rotatable bonds is 12. The predicted molar refractivity (Wildman–Crippen MR) is 154 cm³/mol. The molecule has 0 saturated carbocycles. The van der Waals surface area contributed by atoms with Crippen LogP contribution in [0.3, 0.4) is 0 Å². The second kappa shape index (κ2) is 12.7. The summed E-state index contributed by atoms with van der Waals surface area (Å²) < 4.78 is 19.4. The van der Waals surface area contributed by atoms with E-state index in [2.05, 4.69) is 44.5 Å². The van der Waals surface area contributed by atoms with Gasteiger partial charge in [-0.25, -0.2) is 9.37 Å². The van der Waals surface area contributed by atoms with Gasteiger partial charge in [-0.05, 0) is 41.8 Å². The Hall–Kier alpha value is -4.37. The molecule has 0 aliphatic heterocycles. The van der Waals surface area contributed by atoms with E-state index in [1.54, 1.807) is 24.0 Å². The van der Waals surface area contributed by atoms with Gasteiger partial charge in [0.2, 0.25) is 0 Å². The minimum Gasteiger partial charge on any atom is -0.496 e. The van der Waals surface area contributed by atoms with Gasteiger partial charge in [0.05, 0.1) is 42.3 Å². The van der Waals surface area contributed by atoms with Crippen molar-refractivity contribution in [1.29, 1.82) is 0 Å². The van der Waals surface area contributed by atoms with Crippen molar-refractivity contribution in [2.45, 2.75) is 38.1 Å². The number of ether oxygens (including phenoxy) is 1. The van der Waals surface area contributed by atoms with E-state index in [1.807, 2.05) is 18.2 Å². The molecule has 2 aromatic heterocycles. The van der Waals surface area contributed by atoms with E-state index >= 15 is 0 Å². The monoisotopic (exact) mass is 556 g/mol. The van der Waals surface area contributed by atoms with Crippen molar-refractivity contribution in [2.24, 2.45) is 0 Å². The van der Waals surface area contributed by atoms with Gasteiger partial charge in [-0.15, -0.1) is 11.3 Å². The lowest BCUT2D eigenvalue weighted by Crippen LogP contribution is -2.28. The lowest BCUT2D eigenvalue weighted by molar-refractivity contribution is 0.0935. The SMILES string of the molecule is COc1cccc(F)c1C(=O)CCCCC[C@H](NC(=O)c1cncs1)c1ncc(-c2ccc3ccccc3c2)[nH]1. The zero-order valence-corrected chi connectivity index (χ0v) is 22.8. The molecular formula is C31H29FN4O3S. The molecule has 5 aromatic rings. The number of unbranched alkanes of at least 4 members (excludes halogenated alkanes) is 2. The van der Waals surface area contributed by atoms with Gasteiger partial charge < -0.3 is 15.0 Å². The van der Waals surface area contributed by atoms with Gasteiger partial charge in [0, 0.05) is 12.0 Å². The average molecular weight is 557 g/mol. The molecule has 0 saturated heterocycles. The Morgan fingerprint density at radius 1 is 1.02 bits per heavy atom. The first kappa shape index (κ1) is 27.2. The molecule has 7 nitrogen and oxygen atoms in total. The number of nitrogens with zero attached hydrogens (tertiary/aromatic N) is 2. The third kappa shape index (κ3) is 6.26. The van der Waals surface area contributed by atoms with Crippen LogP contribution in [-0.2, 0) is 0 Å². The number of carbonyl (C=O) groups excluding carboxylic acids is 2. The maximum Gasteiger partial charge on any atom is 0.263 e. The smallest absolute Gasteiger partial charge is 0.263 e. The fourth-order valence-electron chi connectivity index (χ4n) is 4.73. The third-order valence-electron chi connectivity index (χ3n) is 6.82. The number of methoxy groups -OCH3 is 1. The summed E-state index contributed by atoms with van der Waals surface area (Å²) in [6.45, 7) is 0. The number of thiazole rings is 1. The molecule has 5 rings (SSSR count). The van der Waals surface area contributed by atoms with Crippen molar-refractivity contribution in [3.05, 3.63) is 101 Å². The van der Waals surface area contributed by atoms with Crippen LogP contribution in [0.25, 0.3) is 22.0 Å². The molecule has 0 unspecified atom stereocenters. The second-order valence-electron chi connectivity index (χ2n) is 9.48. The molecule has 1 atom stereocenters. The first-order valence-electron chi connectivity index (χ1n) is 13.1. The third-order valence-corrected chi connectivity index (χ3v) is 7.59. The van der Waals surface area contributed by atoms with Crippen LogP contribution < -0.4 is 10.1 Å². The van der Waals surface area contributed by atoms with Crippen molar-refractivity contribution in [2.75, 3.05) is 7.11 Å². The number of fused-ring (bicyclic) bond motifs is 1. The Morgan fingerprint density at radius 2 is 1.88 bits per heavy atom. The number of ketones is 1. The van der Waals surface area contributed by atoms with Crippen molar-refractivity contribution >= 4 is 33.8 Å². The van der Waals surface area contributed by atoms with Gasteiger partial charge in [-0.3, -0.25) is 14.6 Å². The number of halogens is 1. The summed E-state index contributed by atoms with van der Waals surface area (Å²) in [5.41, 5.74) is 3.49. The highest BCUT2D eigenvalue weighted by Gasteiger charge is 2.21. The molecule has 9 heteroatoms. The number of benzene rings is 3. The number of nitrogens with one attached hydrogen (secondary N) is 2. The molecule has 0 aliphatic carbocycles. The van der Waals surface area contributed by atoms with Gasteiger partial charge >= 0.3 is 0 Å². The molecule has 0 aliphatic rings. The van der Waals surface area contributed by atoms with Gasteiger partial charge in [0.25, 0.3) is 5.91 Å². The number of imidazole rings is 1. The average Bonchev–Trinajstić information content (AvgIpc) is 3.69. The van der Waals surface area contributed by atoms with Crippen molar-refractivity contribution in [1.82, 2.24) is 20.3 Å². The van der Waals surface area contributed by atoms with E-state index < -0.39 is 5.82 Å². The molecule has 1 amide bonds. The Balaban J connectivity index is 1.25. The molecule has 3 aromatic carbocycles. The fourth-order valence-corrected chi connectivity index (χ4v) is 5.26. The summed E-state index contributed by atoms with van der Waals surface area (Å²) in [5, 5.41) is 5.38. The lowest BCUT2D eigenvalue weighted by atomic mass is 10.0. The number of carbonyl (C=O) groups is 2. The van der Waals surface area contributed by atoms with E-state index in [0.717, 1.165) is 34.9 Å². The summed E-state index contributed by atoms with van der Waals surface area (Å²) in [6, 6.07) is 18.4. The second-order valence-corrected chi connectivity index (χ2v) is 10.4. The number of hydrogen-bond donors (Lipinski definition) is 2. The summed E-state index contributed by atoms with van der Waals surface area (Å²) in [7, 11) is 1.42. The molecule has 0 radical (unpaired) electrons. The predicted octanol–water partition coefficient (Wildman–Crippen LogP) is 7.14. The maximum absolute atomic E-state index is 14.2. The number of Topliss-reactive ketones (excluding diaryl/α,β-unsaturated/α-hetero) is 1. The van der Waals surface area contributed by atoms with Crippen LogP contribution in [0, 0.1) is 5.82 Å². The first-order valence-corrected chi connectivity index (χ1v) is 14.0.